The lowest BCUT2D eigenvalue weighted by atomic mass is 9.94. The number of ketones is 1. The smallest absolute Gasteiger partial charge is 0.185 e. The molecular weight excluding hydrogens is 448 g/mol. The van der Waals surface area contributed by atoms with E-state index in [0.29, 0.717) is 17.4 Å². The van der Waals surface area contributed by atoms with E-state index in [4.69, 9.17) is 4.74 Å². The molecule has 0 aliphatic carbocycles. The van der Waals surface area contributed by atoms with Crippen molar-refractivity contribution in [2.24, 2.45) is 0 Å². The molecule has 1 N–H and O–H groups in total. The Hall–Kier alpha value is -3.69. The van der Waals surface area contributed by atoms with Crippen molar-refractivity contribution in [1.82, 2.24) is 14.8 Å². The fraction of sp³-hybridized carbons (Fsp3) is 0.125. The van der Waals surface area contributed by atoms with Crippen LogP contribution in [-0.2, 0) is 12.1 Å². The molecule has 2 aromatic carbocycles. The van der Waals surface area contributed by atoms with E-state index in [1.54, 1.807) is 30.3 Å². The van der Waals surface area contributed by atoms with Crippen molar-refractivity contribution in [3.05, 3.63) is 106 Å². The van der Waals surface area contributed by atoms with Crippen LogP contribution in [0.4, 0.5) is 8.78 Å². The lowest BCUT2D eigenvalue weighted by molar-refractivity contribution is -0.0297. The van der Waals surface area contributed by atoms with Crippen LogP contribution >= 0.6 is 11.3 Å². The molecule has 0 amide bonds. The summed E-state index contributed by atoms with van der Waals surface area (Å²) in [6, 6.07) is 13.1. The van der Waals surface area contributed by atoms with Gasteiger partial charge in [-0.1, -0.05) is 12.1 Å². The third-order valence-corrected chi connectivity index (χ3v) is 5.72. The number of benzene rings is 2. The number of aromatic nitrogens is 3. The first-order valence-corrected chi connectivity index (χ1v) is 10.8. The largest absolute Gasteiger partial charge is 0.490 e. The first-order chi connectivity index (χ1) is 15.9. The van der Waals surface area contributed by atoms with Gasteiger partial charge in [0.25, 0.3) is 0 Å². The Morgan fingerprint density at radius 1 is 1.18 bits per heavy atom. The van der Waals surface area contributed by atoms with Crippen LogP contribution in [0.15, 0.2) is 78.7 Å². The van der Waals surface area contributed by atoms with Crippen LogP contribution in [0.1, 0.15) is 20.8 Å². The van der Waals surface area contributed by atoms with E-state index >= 15 is 0 Å². The van der Waals surface area contributed by atoms with Crippen LogP contribution in [0.5, 0.6) is 5.75 Å². The van der Waals surface area contributed by atoms with E-state index in [9.17, 15) is 18.7 Å². The third-order valence-electron chi connectivity index (χ3n) is 4.88. The Kier molecular flexibility index (Phi) is 6.71. The fourth-order valence-electron chi connectivity index (χ4n) is 3.22. The second kappa shape index (κ2) is 9.85. The van der Waals surface area contributed by atoms with Gasteiger partial charge in [-0.2, -0.15) is 5.10 Å². The zero-order chi connectivity index (χ0) is 23.3. The summed E-state index contributed by atoms with van der Waals surface area (Å²) in [7, 11) is 0. The maximum absolute atomic E-state index is 14.5. The minimum absolute atomic E-state index is 0.134. The first kappa shape index (κ1) is 22.5. The predicted octanol–water partition coefficient (Wildman–Crippen LogP) is 4.48. The van der Waals surface area contributed by atoms with Crippen LogP contribution in [0.2, 0.25) is 0 Å². The van der Waals surface area contributed by atoms with E-state index in [-0.39, 0.29) is 24.5 Å². The van der Waals surface area contributed by atoms with Gasteiger partial charge in [-0.05, 0) is 53.9 Å². The highest BCUT2D eigenvalue weighted by Crippen LogP contribution is 2.28. The van der Waals surface area contributed by atoms with Crippen LogP contribution in [0.25, 0.3) is 6.08 Å². The number of nitrogens with zero attached hydrogens (tertiary/aromatic N) is 3. The summed E-state index contributed by atoms with van der Waals surface area (Å²) in [5.74, 6) is -1.45. The van der Waals surface area contributed by atoms with Gasteiger partial charge in [0, 0.05) is 22.1 Å². The number of carbonyl (C=O) groups excluding carboxylic acids is 1. The van der Waals surface area contributed by atoms with Crippen molar-refractivity contribution < 1.29 is 23.4 Å². The average molecular weight is 467 g/mol. The predicted molar refractivity (Wildman–Crippen MR) is 120 cm³/mol. The van der Waals surface area contributed by atoms with E-state index < -0.39 is 17.2 Å². The number of carbonyl (C=O) groups is 1. The maximum atomic E-state index is 14.5. The van der Waals surface area contributed by atoms with Gasteiger partial charge >= 0.3 is 0 Å². The van der Waals surface area contributed by atoms with E-state index in [2.05, 4.69) is 10.1 Å². The fourth-order valence-corrected chi connectivity index (χ4v) is 3.83. The summed E-state index contributed by atoms with van der Waals surface area (Å²) in [6.07, 6.45) is 5.90. The summed E-state index contributed by atoms with van der Waals surface area (Å²) < 4.78 is 34.9. The molecule has 0 spiro atoms. The molecule has 1 atom stereocenters. The second-order valence-electron chi connectivity index (χ2n) is 7.27. The molecule has 0 fully saturated rings. The molecule has 0 saturated heterocycles. The zero-order valence-electron chi connectivity index (χ0n) is 17.3. The number of rotatable bonds is 9. The molecule has 33 heavy (non-hydrogen) atoms. The van der Waals surface area contributed by atoms with Gasteiger partial charge in [0.2, 0.25) is 0 Å². The minimum Gasteiger partial charge on any atom is -0.490 e. The van der Waals surface area contributed by atoms with Gasteiger partial charge in [-0.15, -0.1) is 11.3 Å². The number of hydrogen-bond donors (Lipinski definition) is 1. The number of halogens is 2. The SMILES string of the molecule is O=C(/C=C/c1cccs1)c1ccc(OC[C@@](O)(Cn2cncn2)c2ccc(F)cc2F)cc1. The molecule has 168 valence electrons. The van der Waals surface area contributed by atoms with Crippen LogP contribution in [-0.4, -0.2) is 32.3 Å². The molecule has 0 unspecified atom stereocenters. The number of allylic oxidation sites excluding steroid dienone is 1. The number of hydrogen-bond acceptors (Lipinski definition) is 6. The van der Waals surface area contributed by atoms with Gasteiger partial charge < -0.3 is 9.84 Å². The molecular formula is C24H19F2N3O3S. The Bertz CT molecular complexity index is 1240. The molecule has 9 heteroatoms. The van der Waals surface area contributed by atoms with Crippen molar-refractivity contribution in [2.75, 3.05) is 6.61 Å². The van der Waals surface area contributed by atoms with Gasteiger partial charge in [0.05, 0.1) is 6.54 Å². The van der Waals surface area contributed by atoms with Crippen molar-refractivity contribution in [1.29, 1.82) is 0 Å². The standard InChI is InChI=1S/C24H19F2N3O3S/c25-18-5-9-21(22(26)12-18)24(31,13-29-16-27-15-28-29)14-32-19-6-3-17(4-7-19)23(30)10-8-20-2-1-11-33-20/h1-12,15-16,31H,13-14H2/b10-8+/t24-/m0/s1. The lowest BCUT2D eigenvalue weighted by Gasteiger charge is -2.29. The molecule has 0 bridgehead atoms. The Balaban J connectivity index is 1.48. The topological polar surface area (TPSA) is 77.2 Å². The summed E-state index contributed by atoms with van der Waals surface area (Å²) >= 11 is 1.53. The molecule has 2 aromatic heterocycles. The average Bonchev–Trinajstić information content (AvgIpc) is 3.51. The lowest BCUT2D eigenvalue weighted by Crippen LogP contribution is -2.39. The Morgan fingerprint density at radius 2 is 2.00 bits per heavy atom. The van der Waals surface area contributed by atoms with Crippen molar-refractivity contribution in [3.63, 3.8) is 0 Å². The van der Waals surface area contributed by atoms with Gasteiger partial charge in [-0.3, -0.25) is 4.79 Å². The normalized spacial score (nSPS) is 13.2. The van der Waals surface area contributed by atoms with Gasteiger partial charge in [0.1, 0.15) is 42.2 Å². The van der Waals surface area contributed by atoms with E-state index in [1.807, 2.05) is 17.5 Å². The molecule has 0 aliphatic rings. The highest BCUT2D eigenvalue weighted by Gasteiger charge is 2.34. The van der Waals surface area contributed by atoms with Crippen molar-refractivity contribution >= 4 is 23.2 Å². The number of ether oxygens (including phenoxy) is 1. The molecule has 0 saturated carbocycles. The number of thiophene rings is 1. The summed E-state index contributed by atoms with van der Waals surface area (Å²) in [5, 5.41) is 17.1. The van der Waals surface area contributed by atoms with Crippen LogP contribution < -0.4 is 4.74 Å². The van der Waals surface area contributed by atoms with Crippen LogP contribution in [0.3, 0.4) is 0 Å². The molecule has 0 radical (unpaired) electrons. The molecule has 2 heterocycles. The quantitative estimate of drug-likeness (QED) is 0.290. The van der Waals surface area contributed by atoms with Gasteiger partial charge in [-0.25, -0.2) is 18.4 Å². The monoisotopic (exact) mass is 467 g/mol. The summed E-state index contributed by atoms with van der Waals surface area (Å²) in [5.41, 5.74) is -1.52. The van der Waals surface area contributed by atoms with Crippen LogP contribution in [0, 0.1) is 11.6 Å². The highest BCUT2D eigenvalue weighted by molar-refractivity contribution is 7.10. The second-order valence-corrected chi connectivity index (χ2v) is 8.25. The molecule has 6 nitrogen and oxygen atoms in total. The third kappa shape index (κ3) is 5.57. The zero-order valence-corrected chi connectivity index (χ0v) is 18.1. The highest BCUT2D eigenvalue weighted by atomic mass is 32.1. The Morgan fingerprint density at radius 3 is 2.67 bits per heavy atom. The van der Waals surface area contributed by atoms with E-state index in [1.165, 1.54) is 40.8 Å². The molecule has 4 aromatic rings. The number of aliphatic hydroxyl groups is 1. The van der Waals surface area contributed by atoms with Gasteiger partial charge in [0.15, 0.2) is 5.78 Å². The summed E-state index contributed by atoms with van der Waals surface area (Å²) in [4.78, 5) is 17.1. The summed E-state index contributed by atoms with van der Waals surface area (Å²) in [6.45, 7) is -0.513. The van der Waals surface area contributed by atoms with Crippen molar-refractivity contribution in [3.8, 4) is 5.75 Å². The molecule has 4 rings (SSSR count). The minimum atomic E-state index is -1.86. The first-order valence-electron chi connectivity index (χ1n) is 9.92. The maximum Gasteiger partial charge on any atom is 0.185 e. The molecule has 0 aliphatic heterocycles. The van der Waals surface area contributed by atoms with Crippen molar-refractivity contribution in [2.45, 2.75) is 12.1 Å². The van der Waals surface area contributed by atoms with E-state index in [0.717, 1.165) is 10.9 Å². The Labute approximate surface area is 192 Å².